The molecule has 3 rings (SSSR count). The summed E-state index contributed by atoms with van der Waals surface area (Å²) in [6, 6.07) is 10.5. The van der Waals surface area contributed by atoms with Crippen LogP contribution in [0.1, 0.15) is 37.2 Å². The molecule has 0 saturated carbocycles. The van der Waals surface area contributed by atoms with Gasteiger partial charge in [-0.2, -0.15) is 8.42 Å². The third kappa shape index (κ3) is 7.80. The third-order valence-corrected chi connectivity index (χ3v) is 5.01. The number of fused-ring (bicyclic) bond motifs is 2. The summed E-state index contributed by atoms with van der Waals surface area (Å²) in [5, 5.41) is 9.53. The number of benzene rings is 1. The highest BCUT2D eigenvalue weighted by molar-refractivity contribution is 7.79. The van der Waals surface area contributed by atoms with Crippen molar-refractivity contribution in [3.8, 4) is 0 Å². The van der Waals surface area contributed by atoms with Crippen molar-refractivity contribution in [2.24, 2.45) is 0 Å². The Morgan fingerprint density at radius 3 is 2.04 bits per heavy atom. The van der Waals surface area contributed by atoms with Crippen molar-refractivity contribution in [1.29, 1.82) is 0 Å². The summed E-state index contributed by atoms with van der Waals surface area (Å²) in [5.41, 5.74) is 0.820. The maximum Gasteiger partial charge on any atom is 0.394 e. The predicted octanol–water partition coefficient (Wildman–Crippen LogP) is -0.371. The number of piperidine rings is 1. The fourth-order valence-electron chi connectivity index (χ4n) is 3.71. The molecular formula is C17H29NO9S. The molecule has 0 unspecified atom stereocenters. The van der Waals surface area contributed by atoms with Crippen LogP contribution in [-0.4, -0.2) is 76.3 Å². The van der Waals surface area contributed by atoms with Crippen LogP contribution in [0.2, 0.25) is 0 Å². The number of hydrogen-bond donors (Lipinski definition) is 3. The molecule has 0 radical (unpaired) electrons. The summed E-state index contributed by atoms with van der Waals surface area (Å²) < 4.78 is 37.3. The second kappa shape index (κ2) is 11.4. The van der Waals surface area contributed by atoms with E-state index in [1.165, 1.54) is 12.8 Å². The van der Waals surface area contributed by atoms with Crippen LogP contribution in [0.5, 0.6) is 0 Å². The molecule has 0 amide bonds. The van der Waals surface area contributed by atoms with Gasteiger partial charge in [-0.25, -0.2) is 0 Å². The molecule has 1 aromatic rings. The number of nitrogens with zero attached hydrogens (tertiary/aromatic N) is 1. The Hall–Kier alpha value is -1.60. The van der Waals surface area contributed by atoms with E-state index in [1.807, 2.05) is 30.3 Å². The Morgan fingerprint density at radius 1 is 1.14 bits per heavy atom. The molecule has 2 fully saturated rings. The first kappa shape index (κ1) is 26.4. The van der Waals surface area contributed by atoms with Gasteiger partial charge in [-0.3, -0.25) is 13.9 Å². The number of rotatable bonds is 4. The van der Waals surface area contributed by atoms with Crippen LogP contribution in [0.3, 0.4) is 0 Å². The van der Waals surface area contributed by atoms with Crippen molar-refractivity contribution in [1.82, 2.24) is 4.90 Å². The molecule has 0 spiro atoms. The second-order valence-corrected chi connectivity index (χ2v) is 7.57. The highest BCUT2D eigenvalue weighted by Crippen LogP contribution is 2.36. The first-order valence-electron chi connectivity index (χ1n) is 8.47. The highest BCUT2D eigenvalue weighted by Gasteiger charge is 2.40. The smallest absolute Gasteiger partial charge is 0.394 e. The zero-order chi connectivity index (χ0) is 19.3. The number of hydrogen-bond acceptors (Lipinski definition) is 6. The lowest BCUT2D eigenvalue weighted by molar-refractivity contribution is -0.155. The Balaban J connectivity index is 0.000000934. The number of esters is 1. The molecule has 10 nitrogen and oxygen atoms in total. The molecule has 162 valence electrons. The maximum absolute atomic E-state index is 12.4. The molecule has 11 heteroatoms. The van der Waals surface area contributed by atoms with Crippen molar-refractivity contribution in [3.05, 3.63) is 35.9 Å². The molecule has 2 aliphatic rings. The predicted molar refractivity (Wildman–Crippen MR) is 101 cm³/mol. The molecule has 0 aliphatic carbocycles. The van der Waals surface area contributed by atoms with Gasteiger partial charge in [0, 0.05) is 12.1 Å². The second-order valence-electron chi connectivity index (χ2n) is 6.67. The van der Waals surface area contributed by atoms with Crippen LogP contribution in [0.4, 0.5) is 0 Å². The molecule has 28 heavy (non-hydrogen) atoms. The summed E-state index contributed by atoms with van der Waals surface area (Å²) in [6.45, 7) is -0.206. The van der Waals surface area contributed by atoms with Gasteiger partial charge < -0.3 is 25.7 Å². The van der Waals surface area contributed by atoms with Gasteiger partial charge in [0.2, 0.25) is 0 Å². The normalized spacial score (nSPS) is 24.6. The van der Waals surface area contributed by atoms with E-state index in [-0.39, 0.29) is 29.6 Å². The van der Waals surface area contributed by atoms with E-state index in [2.05, 4.69) is 11.9 Å². The molecule has 2 bridgehead atoms. The SMILES string of the molecule is CN1[C@@H]2CC[C@H]1C[C@@H](OC(=O)[C@H](CO)c1ccccc1)C2.O.O.O=S(=O)(O)O. The zero-order valence-electron chi connectivity index (χ0n) is 15.6. The van der Waals surface area contributed by atoms with E-state index >= 15 is 0 Å². The fraction of sp³-hybridized carbons (Fsp3) is 0.588. The average Bonchev–Trinajstić information content (AvgIpc) is 2.77. The first-order chi connectivity index (χ1) is 12.2. The van der Waals surface area contributed by atoms with Crippen molar-refractivity contribution in [2.75, 3.05) is 13.7 Å². The number of ether oxygens (including phenoxy) is 1. The molecular weight excluding hydrogens is 394 g/mol. The van der Waals surface area contributed by atoms with Crippen LogP contribution in [0.25, 0.3) is 0 Å². The van der Waals surface area contributed by atoms with Gasteiger partial charge in [-0.1, -0.05) is 30.3 Å². The summed E-state index contributed by atoms with van der Waals surface area (Å²) in [7, 11) is -2.50. The number of aliphatic hydroxyl groups is 1. The van der Waals surface area contributed by atoms with E-state index in [9.17, 15) is 9.90 Å². The quantitative estimate of drug-likeness (QED) is 0.432. The first-order valence-corrected chi connectivity index (χ1v) is 9.87. The minimum atomic E-state index is -4.67. The van der Waals surface area contributed by atoms with E-state index in [1.54, 1.807) is 0 Å². The van der Waals surface area contributed by atoms with Crippen LogP contribution >= 0.6 is 0 Å². The number of carbonyl (C=O) groups excluding carboxylic acids is 1. The fourth-order valence-corrected chi connectivity index (χ4v) is 3.71. The van der Waals surface area contributed by atoms with Crippen LogP contribution in [-0.2, 0) is 19.9 Å². The highest BCUT2D eigenvalue weighted by atomic mass is 32.3. The topological polar surface area (TPSA) is 187 Å². The summed E-state index contributed by atoms with van der Waals surface area (Å²) in [4.78, 5) is 14.8. The van der Waals surface area contributed by atoms with E-state index in [0.717, 1.165) is 18.4 Å². The lowest BCUT2D eigenvalue weighted by atomic mass is 9.98. The van der Waals surface area contributed by atoms with Gasteiger partial charge in [0.1, 0.15) is 12.0 Å². The summed E-state index contributed by atoms with van der Waals surface area (Å²) in [5.74, 6) is -0.860. The Morgan fingerprint density at radius 2 is 1.61 bits per heavy atom. The Kier molecular flexibility index (Phi) is 10.8. The standard InChI is InChI=1S/C17H23NO3.H2O4S.2H2O/c1-18-13-7-8-14(18)10-15(9-13)21-17(20)16(11-19)12-5-3-2-4-6-12;1-5(2,3)4;;/h2-6,13-16,19H,7-11H2,1H3;(H2,1,2,3,4);2*1H2/t13-,14+,15+,16-;;;/m1.../s1. The van der Waals surface area contributed by atoms with E-state index in [4.69, 9.17) is 22.3 Å². The molecule has 2 heterocycles. The van der Waals surface area contributed by atoms with Gasteiger partial charge in [0.15, 0.2) is 0 Å². The van der Waals surface area contributed by atoms with E-state index in [0.29, 0.717) is 12.1 Å². The molecule has 7 N–H and O–H groups in total. The monoisotopic (exact) mass is 423 g/mol. The molecule has 4 atom stereocenters. The van der Waals surface area contributed by atoms with Crippen LogP contribution in [0.15, 0.2) is 30.3 Å². The minimum absolute atomic E-state index is 0. The molecule has 1 aromatic carbocycles. The number of carbonyl (C=O) groups is 1. The zero-order valence-corrected chi connectivity index (χ0v) is 16.4. The van der Waals surface area contributed by atoms with Crippen molar-refractivity contribution < 1.29 is 43.1 Å². The van der Waals surface area contributed by atoms with Crippen LogP contribution in [0, 0.1) is 0 Å². The lowest BCUT2D eigenvalue weighted by Gasteiger charge is -2.36. The van der Waals surface area contributed by atoms with Crippen LogP contribution < -0.4 is 0 Å². The van der Waals surface area contributed by atoms with Gasteiger partial charge in [0.05, 0.1) is 6.61 Å². The van der Waals surface area contributed by atoms with Crippen molar-refractivity contribution >= 4 is 16.4 Å². The largest absolute Gasteiger partial charge is 0.462 e. The summed E-state index contributed by atoms with van der Waals surface area (Å²) in [6.07, 6.45) is 4.26. The average molecular weight is 423 g/mol. The van der Waals surface area contributed by atoms with Gasteiger partial charge in [-0.05, 0) is 38.3 Å². The maximum atomic E-state index is 12.4. The Bertz CT molecular complexity index is 676. The Labute approximate surface area is 164 Å². The molecule has 2 aliphatic heterocycles. The van der Waals surface area contributed by atoms with Gasteiger partial charge in [0.25, 0.3) is 0 Å². The number of aliphatic hydroxyl groups excluding tert-OH is 1. The summed E-state index contributed by atoms with van der Waals surface area (Å²) >= 11 is 0. The van der Waals surface area contributed by atoms with Gasteiger partial charge >= 0.3 is 16.4 Å². The van der Waals surface area contributed by atoms with E-state index < -0.39 is 16.3 Å². The van der Waals surface area contributed by atoms with Crippen molar-refractivity contribution in [3.63, 3.8) is 0 Å². The minimum Gasteiger partial charge on any atom is -0.462 e. The van der Waals surface area contributed by atoms with Gasteiger partial charge in [-0.15, -0.1) is 0 Å². The third-order valence-electron chi connectivity index (χ3n) is 5.01. The van der Waals surface area contributed by atoms with Crippen molar-refractivity contribution in [2.45, 2.75) is 49.8 Å². The molecule has 0 aromatic heterocycles. The lowest BCUT2D eigenvalue weighted by Crippen LogP contribution is -2.43. The molecule has 2 saturated heterocycles.